The van der Waals surface area contributed by atoms with E-state index in [1.165, 1.54) is 18.4 Å². The molecule has 0 spiro atoms. The lowest BCUT2D eigenvalue weighted by Gasteiger charge is -2.06. The Balaban J connectivity index is 1.97. The molecule has 5 nitrogen and oxygen atoms in total. The number of halogens is 1. The van der Waals surface area contributed by atoms with Crippen LogP contribution in [-0.4, -0.2) is 32.0 Å². The van der Waals surface area contributed by atoms with Gasteiger partial charge in [0.1, 0.15) is 23.6 Å². The second-order valence-electron chi connectivity index (χ2n) is 5.73. The van der Waals surface area contributed by atoms with Gasteiger partial charge < -0.3 is 4.84 Å². The van der Waals surface area contributed by atoms with E-state index < -0.39 is 9.84 Å². The largest absolute Gasteiger partial charge is 0.399 e. The molecule has 0 saturated heterocycles. The van der Waals surface area contributed by atoms with E-state index in [0.717, 1.165) is 10.6 Å². The van der Waals surface area contributed by atoms with Gasteiger partial charge >= 0.3 is 0 Å². The predicted octanol–water partition coefficient (Wildman–Crippen LogP) is 4.60. The van der Waals surface area contributed by atoms with E-state index in [2.05, 4.69) is 10.1 Å². The van der Waals surface area contributed by atoms with E-state index in [0.29, 0.717) is 21.3 Å². The topological polar surface area (TPSA) is 68.6 Å². The molecule has 0 saturated carbocycles. The Bertz CT molecular complexity index is 1060. The molecule has 0 atom stereocenters. The number of aryl methyl sites for hydroxylation is 1. The van der Waals surface area contributed by atoms with Crippen LogP contribution in [0.2, 0.25) is 5.02 Å². The summed E-state index contributed by atoms with van der Waals surface area (Å²) in [5.41, 5.74) is 1.93. The van der Waals surface area contributed by atoms with Crippen LogP contribution in [0, 0.1) is 6.92 Å². The molecule has 0 aliphatic carbocycles. The van der Waals surface area contributed by atoms with Crippen molar-refractivity contribution in [1.82, 2.24) is 4.98 Å². The number of thiazole rings is 1. The molecule has 1 heterocycles. The lowest BCUT2D eigenvalue weighted by Crippen LogP contribution is -2.17. The molecular weight excluding hydrogens is 404 g/mol. The highest BCUT2D eigenvalue weighted by Gasteiger charge is 2.23. The first-order valence-corrected chi connectivity index (χ1v) is 10.9. The summed E-state index contributed by atoms with van der Waals surface area (Å²) in [7, 11) is -2.16. The maximum Gasteiger partial charge on any atom is 0.184 e. The van der Waals surface area contributed by atoms with Gasteiger partial charge in [-0.05, 0) is 31.2 Å². The van der Waals surface area contributed by atoms with Gasteiger partial charge in [-0.25, -0.2) is 13.4 Å². The third-order valence-electron chi connectivity index (χ3n) is 3.78. The zero-order valence-corrected chi connectivity index (χ0v) is 17.1. The average Bonchev–Trinajstić information content (AvgIpc) is 3.04. The number of hydrogen-bond donors (Lipinski definition) is 0. The van der Waals surface area contributed by atoms with Crippen molar-refractivity contribution in [2.24, 2.45) is 5.16 Å². The number of benzene rings is 2. The van der Waals surface area contributed by atoms with E-state index in [9.17, 15) is 8.42 Å². The van der Waals surface area contributed by atoms with Gasteiger partial charge in [0, 0.05) is 10.6 Å². The van der Waals surface area contributed by atoms with Crippen LogP contribution >= 0.6 is 22.9 Å². The normalized spacial score (nSPS) is 12.2. The van der Waals surface area contributed by atoms with Crippen molar-refractivity contribution in [3.05, 3.63) is 70.2 Å². The van der Waals surface area contributed by atoms with E-state index in [1.54, 1.807) is 42.5 Å². The summed E-state index contributed by atoms with van der Waals surface area (Å²) >= 11 is 7.31. The Kier molecular flexibility index (Phi) is 5.94. The molecule has 0 aliphatic rings. The first kappa shape index (κ1) is 19.5. The summed E-state index contributed by atoms with van der Waals surface area (Å²) in [5, 5.41) is 5.38. The maximum atomic E-state index is 12.7. The summed E-state index contributed by atoms with van der Waals surface area (Å²) in [6.07, 6.45) is 0. The second-order valence-corrected chi connectivity index (χ2v) is 9.16. The van der Waals surface area contributed by atoms with Gasteiger partial charge in [0.15, 0.2) is 9.84 Å². The fourth-order valence-electron chi connectivity index (χ4n) is 2.51. The van der Waals surface area contributed by atoms with Gasteiger partial charge in [-0.15, -0.1) is 11.3 Å². The van der Waals surface area contributed by atoms with E-state index in [1.807, 2.05) is 19.1 Å². The number of rotatable bonds is 6. The number of hydrogen-bond acceptors (Lipinski definition) is 6. The van der Waals surface area contributed by atoms with Crippen LogP contribution in [0.25, 0.3) is 10.6 Å². The van der Waals surface area contributed by atoms with E-state index in [4.69, 9.17) is 16.4 Å². The molecule has 2 aromatic carbocycles. The SMILES string of the molecule is CO/N=C(\CS(=O)(=O)c1ccccc1)c1sc(-c2ccc(Cl)cc2)nc1C. The monoisotopic (exact) mass is 420 g/mol. The van der Waals surface area contributed by atoms with Crippen molar-refractivity contribution in [2.45, 2.75) is 11.8 Å². The Morgan fingerprint density at radius 3 is 2.44 bits per heavy atom. The van der Waals surface area contributed by atoms with Crippen LogP contribution in [0.4, 0.5) is 0 Å². The van der Waals surface area contributed by atoms with Gasteiger partial charge in [-0.3, -0.25) is 0 Å². The van der Waals surface area contributed by atoms with Gasteiger partial charge in [-0.2, -0.15) is 0 Å². The van der Waals surface area contributed by atoms with Gasteiger partial charge in [0.05, 0.1) is 15.5 Å². The molecule has 8 heteroatoms. The highest BCUT2D eigenvalue weighted by molar-refractivity contribution is 7.92. The van der Waals surface area contributed by atoms with Crippen LogP contribution in [0.3, 0.4) is 0 Å². The lowest BCUT2D eigenvalue weighted by atomic mass is 10.2. The summed E-state index contributed by atoms with van der Waals surface area (Å²) in [5.74, 6) is -0.270. The lowest BCUT2D eigenvalue weighted by molar-refractivity contribution is 0.213. The van der Waals surface area contributed by atoms with Crippen LogP contribution < -0.4 is 0 Å². The van der Waals surface area contributed by atoms with Crippen LogP contribution in [0.1, 0.15) is 10.6 Å². The molecule has 0 unspecified atom stereocenters. The molecule has 0 fully saturated rings. The molecule has 0 amide bonds. The van der Waals surface area contributed by atoms with Crippen LogP contribution in [-0.2, 0) is 14.7 Å². The molecule has 0 aliphatic heterocycles. The van der Waals surface area contributed by atoms with E-state index in [-0.39, 0.29) is 10.6 Å². The fraction of sp³-hybridized carbons (Fsp3) is 0.158. The third kappa shape index (κ3) is 4.55. The molecule has 0 bridgehead atoms. The number of oxime groups is 1. The standard InChI is InChI=1S/C19H17ClN2O3S2/c1-13-18(26-19(21-13)14-8-10-15(20)11-9-14)17(22-25-2)12-27(23,24)16-6-4-3-5-7-16/h3-11H,12H2,1-2H3/b22-17+. The number of nitrogens with zero attached hydrogens (tertiary/aromatic N) is 2. The minimum Gasteiger partial charge on any atom is -0.399 e. The van der Waals surface area contributed by atoms with E-state index >= 15 is 0 Å². The minimum atomic E-state index is -3.56. The molecule has 1 aromatic heterocycles. The Labute approximate surface area is 167 Å². The molecule has 3 aromatic rings. The average molecular weight is 421 g/mol. The summed E-state index contributed by atoms with van der Waals surface area (Å²) in [4.78, 5) is 10.4. The Morgan fingerprint density at radius 1 is 1.15 bits per heavy atom. The zero-order chi connectivity index (χ0) is 19.4. The highest BCUT2D eigenvalue weighted by atomic mass is 35.5. The molecular formula is C19H17ClN2O3S2. The maximum absolute atomic E-state index is 12.7. The third-order valence-corrected chi connectivity index (χ3v) is 6.93. The summed E-state index contributed by atoms with van der Waals surface area (Å²) < 4.78 is 25.5. The van der Waals surface area contributed by atoms with Crippen molar-refractivity contribution in [3.8, 4) is 10.6 Å². The fourth-order valence-corrected chi connectivity index (χ4v) is 5.08. The van der Waals surface area contributed by atoms with Crippen molar-refractivity contribution >= 4 is 38.5 Å². The molecule has 3 rings (SSSR count). The first-order chi connectivity index (χ1) is 12.9. The quantitative estimate of drug-likeness (QED) is 0.431. The van der Waals surface area contributed by atoms with Gasteiger partial charge in [0.25, 0.3) is 0 Å². The summed E-state index contributed by atoms with van der Waals surface area (Å²) in [6.45, 7) is 1.82. The molecule has 27 heavy (non-hydrogen) atoms. The van der Waals surface area contributed by atoms with Crippen molar-refractivity contribution in [1.29, 1.82) is 0 Å². The van der Waals surface area contributed by atoms with Crippen molar-refractivity contribution in [3.63, 3.8) is 0 Å². The summed E-state index contributed by atoms with van der Waals surface area (Å²) in [6, 6.07) is 15.6. The smallest absolute Gasteiger partial charge is 0.184 e. The molecule has 0 radical (unpaired) electrons. The Morgan fingerprint density at radius 2 is 1.81 bits per heavy atom. The van der Waals surface area contributed by atoms with Crippen LogP contribution in [0.5, 0.6) is 0 Å². The number of aromatic nitrogens is 1. The van der Waals surface area contributed by atoms with Gasteiger partial charge in [0.2, 0.25) is 0 Å². The van der Waals surface area contributed by atoms with Crippen molar-refractivity contribution < 1.29 is 13.3 Å². The molecule has 140 valence electrons. The Hall–Kier alpha value is -2.22. The second kappa shape index (κ2) is 8.21. The molecule has 0 N–H and O–H groups in total. The number of sulfone groups is 1. The predicted molar refractivity (Wildman–Crippen MR) is 109 cm³/mol. The van der Waals surface area contributed by atoms with Crippen LogP contribution in [0.15, 0.2) is 64.6 Å². The zero-order valence-electron chi connectivity index (χ0n) is 14.7. The van der Waals surface area contributed by atoms with Gasteiger partial charge in [-0.1, -0.05) is 47.1 Å². The highest BCUT2D eigenvalue weighted by Crippen LogP contribution is 2.30. The minimum absolute atomic E-state index is 0.244. The first-order valence-electron chi connectivity index (χ1n) is 8.02. The van der Waals surface area contributed by atoms with Crippen molar-refractivity contribution in [2.75, 3.05) is 12.9 Å².